The lowest BCUT2D eigenvalue weighted by Gasteiger charge is -1.90. The zero-order chi connectivity index (χ0) is 8.99. The number of hydrogen-bond donors (Lipinski definition) is 2. The van der Waals surface area contributed by atoms with E-state index >= 15 is 0 Å². The van der Waals surface area contributed by atoms with Crippen molar-refractivity contribution in [3.63, 3.8) is 0 Å². The Labute approximate surface area is 62.7 Å². The molecule has 0 unspecified atom stereocenters. The molecule has 0 aromatic rings. The van der Waals surface area contributed by atoms with E-state index in [0.717, 1.165) is 13.4 Å². The van der Waals surface area contributed by atoms with Crippen molar-refractivity contribution in [1.82, 2.24) is 0 Å². The summed E-state index contributed by atoms with van der Waals surface area (Å²) >= 11 is 0. The molecule has 0 radical (unpaired) electrons. The molecule has 0 amide bonds. The first-order valence-electron chi connectivity index (χ1n) is 3.14. The number of aldehydes is 1. The SMILES string of the molecule is CC(C)CO.CC=O.CO. The Morgan fingerprint density at radius 1 is 1.40 bits per heavy atom. The first kappa shape index (κ1) is 16.3. The summed E-state index contributed by atoms with van der Waals surface area (Å²) in [6.07, 6.45) is 0.750. The van der Waals surface area contributed by atoms with Crippen molar-refractivity contribution in [2.45, 2.75) is 20.8 Å². The Morgan fingerprint density at radius 2 is 1.50 bits per heavy atom. The second-order valence-corrected chi connectivity index (χ2v) is 1.81. The Kier molecular flexibility index (Phi) is 38.3. The highest BCUT2D eigenvalue weighted by Crippen LogP contribution is 1.83. The van der Waals surface area contributed by atoms with Gasteiger partial charge in [0.25, 0.3) is 0 Å². The minimum Gasteiger partial charge on any atom is -0.400 e. The van der Waals surface area contributed by atoms with Crippen LogP contribution in [0.1, 0.15) is 20.8 Å². The molecule has 0 aromatic heterocycles. The van der Waals surface area contributed by atoms with E-state index in [9.17, 15) is 0 Å². The zero-order valence-corrected chi connectivity index (χ0v) is 7.16. The second kappa shape index (κ2) is 23.5. The number of carbonyl (C=O) groups is 1. The number of aliphatic hydroxyl groups excluding tert-OH is 2. The predicted molar refractivity (Wildman–Crippen MR) is 41.8 cm³/mol. The van der Waals surface area contributed by atoms with Gasteiger partial charge in [-0.1, -0.05) is 13.8 Å². The van der Waals surface area contributed by atoms with Crippen molar-refractivity contribution < 1.29 is 15.0 Å². The lowest BCUT2D eigenvalue weighted by atomic mass is 10.2. The third-order valence-corrected chi connectivity index (χ3v) is 0.365. The minimum atomic E-state index is 0.306. The van der Waals surface area contributed by atoms with E-state index in [4.69, 9.17) is 15.0 Å². The van der Waals surface area contributed by atoms with Crippen LogP contribution in [0.3, 0.4) is 0 Å². The standard InChI is InChI=1S/C4H10O.C2H4O.CH4O/c1-4(2)3-5;1-2-3;1-2/h4-5H,3H2,1-2H3;2H,1H3;2H,1H3. The Hall–Kier alpha value is -0.410. The highest BCUT2D eigenvalue weighted by atomic mass is 16.3. The molecule has 0 bridgehead atoms. The molecule has 0 saturated heterocycles. The maximum absolute atomic E-state index is 8.81. The summed E-state index contributed by atoms with van der Waals surface area (Å²) in [4.78, 5) is 8.81. The van der Waals surface area contributed by atoms with Gasteiger partial charge < -0.3 is 15.0 Å². The first-order chi connectivity index (χ1) is 4.68. The van der Waals surface area contributed by atoms with Crippen LogP contribution in [0.25, 0.3) is 0 Å². The van der Waals surface area contributed by atoms with Gasteiger partial charge in [0, 0.05) is 13.7 Å². The predicted octanol–water partition coefficient (Wildman–Crippen LogP) is 0.448. The van der Waals surface area contributed by atoms with E-state index in [-0.39, 0.29) is 0 Å². The maximum Gasteiger partial charge on any atom is 0.116 e. The topological polar surface area (TPSA) is 57.5 Å². The van der Waals surface area contributed by atoms with E-state index in [1.54, 1.807) is 0 Å². The second-order valence-electron chi connectivity index (χ2n) is 1.81. The van der Waals surface area contributed by atoms with Crippen LogP contribution >= 0.6 is 0 Å². The van der Waals surface area contributed by atoms with E-state index in [1.165, 1.54) is 6.92 Å². The first-order valence-corrected chi connectivity index (χ1v) is 3.14. The number of carbonyl (C=O) groups excluding carboxylic acids is 1. The van der Waals surface area contributed by atoms with Gasteiger partial charge in [-0.2, -0.15) is 0 Å². The fourth-order valence-electron chi connectivity index (χ4n) is 0. The van der Waals surface area contributed by atoms with Crippen LogP contribution < -0.4 is 0 Å². The summed E-state index contributed by atoms with van der Waals surface area (Å²) in [5.74, 6) is 0.440. The number of rotatable bonds is 1. The largest absolute Gasteiger partial charge is 0.400 e. The van der Waals surface area contributed by atoms with Crippen LogP contribution in [0.5, 0.6) is 0 Å². The molecule has 3 nitrogen and oxygen atoms in total. The normalized spacial score (nSPS) is 6.70. The smallest absolute Gasteiger partial charge is 0.116 e. The Bertz CT molecular complexity index is 44.1. The molecule has 0 saturated carbocycles. The van der Waals surface area contributed by atoms with Gasteiger partial charge in [-0.25, -0.2) is 0 Å². The minimum absolute atomic E-state index is 0.306. The van der Waals surface area contributed by atoms with E-state index in [2.05, 4.69) is 0 Å². The quantitative estimate of drug-likeness (QED) is 0.533. The van der Waals surface area contributed by atoms with E-state index < -0.39 is 0 Å². The fraction of sp³-hybridized carbons (Fsp3) is 0.857. The fourth-order valence-corrected chi connectivity index (χ4v) is 0. The molecule has 0 aliphatic carbocycles. The van der Waals surface area contributed by atoms with Crippen molar-refractivity contribution >= 4 is 6.29 Å². The highest BCUT2D eigenvalue weighted by molar-refractivity contribution is 5.44. The molecule has 0 aliphatic rings. The van der Waals surface area contributed by atoms with Gasteiger partial charge in [-0.3, -0.25) is 0 Å². The van der Waals surface area contributed by atoms with Gasteiger partial charge in [0.1, 0.15) is 6.29 Å². The molecule has 0 aliphatic heterocycles. The van der Waals surface area contributed by atoms with Crippen molar-refractivity contribution in [2.24, 2.45) is 5.92 Å². The monoisotopic (exact) mass is 150 g/mol. The van der Waals surface area contributed by atoms with Crippen LogP contribution in [0.4, 0.5) is 0 Å². The highest BCUT2D eigenvalue weighted by Gasteiger charge is 1.81. The summed E-state index contributed by atoms with van der Waals surface area (Å²) in [5, 5.41) is 15.1. The van der Waals surface area contributed by atoms with Gasteiger partial charge in [0.2, 0.25) is 0 Å². The van der Waals surface area contributed by atoms with Crippen LogP contribution in [0.2, 0.25) is 0 Å². The lowest BCUT2D eigenvalue weighted by molar-refractivity contribution is -0.106. The van der Waals surface area contributed by atoms with Gasteiger partial charge in [0.15, 0.2) is 0 Å². The summed E-state index contributed by atoms with van der Waals surface area (Å²) < 4.78 is 0. The Balaban J connectivity index is -0.0000000847. The van der Waals surface area contributed by atoms with Crippen molar-refractivity contribution in [1.29, 1.82) is 0 Å². The van der Waals surface area contributed by atoms with Crippen LogP contribution in [-0.4, -0.2) is 30.2 Å². The van der Waals surface area contributed by atoms with Crippen LogP contribution in [0, 0.1) is 5.92 Å². The summed E-state index contributed by atoms with van der Waals surface area (Å²) in [7, 11) is 1.00. The van der Waals surface area contributed by atoms with Crippen LogP contribution in [-0.2, 0) is 4.79 Å². The van der Waals surface area contributed by atoms with Gasteiger partial charge in [-0.15, -0.1) is 0 Å². The molecule has 0 atom stereocenters. The zero-order valence-electron chi connectivity index (χ0n) is 7.16. The molecular weight excluding hydrogens is 132 g/mol. The van der Waals surface area contributed by atoms with Gasteiger partial charge in [0.05, 0.1) is 0 Å². The molecule has 0 fully saturated rings. The molecule has 0 spiro atoms. The molecular formula is C7H18O3. The third-order valence-electron chi connectivity index (χ3n) is 0.365. The molecule has 3 heteroatoms. The molecule has 10 heavy (non-hydrogen) atoms. The summed E-state index contributed by atoms with van der Waals surface area (Å²) in [6, 6.07) is 0. The molecule has 64 valence electrons. The Morgan fingerprint density at radius 3 is 1.50 bits per heavy atom. The van der Waals surface area contributed by atoms with Gasteiger partial charge >= 0.3 is 0 Å². The molecule has 0 rings (SSSR count). The van der Waals surface area contributed by atoms with Crippen molar-refractivity contribution in [2.75, 3.05) is 13.7 Å². The molecule has 2 N–H and O–H groups in total. The number of aliphatic hydroxyl groups is 2. The van der Waals surface area contributed by atoms with Crippen molar-refractivity contribution in [3.05, 3.63) is 0 Å². The molecule has 0 aromatic carbocycles. The van der Waals surface area contributed by atoms with Crippen molar-refractivity contribution in [3.8, 4) is 0 Å². The molecule has 0 heterocycles. The lowest BCUT2D eigenvalue weighted by Crippen LogP contribution is -1.90. The van der Waals surface area contributed by atoms with E-state index in [0.29, 0.717) is 12.5 Å². The van der Waals surface area contributed by atoms with Crippen LogP contribution in [0.15, 0.2) is 0 Å². The maximum atomic E-state index is 8.81. The van der Waals surface area contributed by atoms with Gasteiger partial charge in [-0.05, 0) is 12.8 Å². The number of hydrogen-bond acceptors (Lipinski definition) is 3. The summed E-state index contributed by atoms with van der Waals surface area (Å²) in [6.45, 7) is 5.69. The summed E-state index contributed by atoms with van der Waals surface area (Å²) in [5.41, 5.74) is 0. The average molecular weight is 150 g/mol. The third kappa shape index (κ3) is 130. The van der Waals surface area contributed by atoms with E-state index in [1.807, 2.05) is 13.8 Å². The average Bonchev–Trinajstić information content (AvgIpc) is 1.94.